The van der Waals surface area contributed by atoms with Crippen LogP contribution in [0.4, 0.5) is 10.2 Å². The van der Waals surface area contributed by atoms with Gasteiger partial charge in [0.2, 0.25) is 0 Å². The van der Waals surface area contributed by atoms with Gasteiger partial charge in [0.15, 0.2) is 0 Å². The minimum atomic E-state index is -0.340. The highest BCUT2D eigenvalue weighted by atomic mass is 19.1. The number of hydrogen-bond donors (Lipinski definition) is 1. The van der Waals surface area contributed by atoms with E-state index in [1.54, 1.807) is 0 Å². The zero-order valence-corrected chi connectivity index (χ0v) is 10.7. The van der Waals surface area contributed by atoms with E-state index >= 15 is 0 Å². The highest BCUT2D eigenvalue weighted by molar-refractivity contribution is 5.47. The number of halogens is 1. The van der Waals surface area contributed by atoms with Gasteiger partial charge in [0.05, 0.1) is 12.3 Å². The van der Waals surface area contributed by atoms with Crippen molar-refractivity contribution in [3.63, 3.8) is 0 Å². The van der Waals surface area contributed by atoms with Crippen molar-refractivity contribution in [1.29, 1.82) is 0 Å². The second-order valence-corrected chi connectivity index (χ2v) is 4.51. The molecule has 2 heterocycles. The van der Waals surface area contributed by atoms with Crippen molar-refractivity contribution < 1.29 is 9.13 Å². The van der Waals surface area contributed by atoms with E-state index < -0.39 is 0 Å². The topological polar surface area (TPSA) is 51.4 Å². The standard InChI is InChI=1S/C13H20FN3O/c1-2-17(9-12-4-3-5-18-12)13-10(7-15)6-11(14)8-16-13/h6,8,12H,2-5,7,9,15H2,1H3. The van der Waals surface area contributed by atoms with Crippen LogP contribution >= 0.6 is 0 Å². The predicted octanol–water partition coefficient (Wildman–Crippen LogP) is 1.68. The van der Waals surface area contributed by atoms with Gasteiger partial charge in [-0.25, -0.2) is 9.37 Å². The lowest BCUT2D eigenvalue weighted by Gasteiger charge is -2.26. The summed E-state index contributed by atoms with van der Waals surface area (Å²) in [4.78, 5) is 6.29. The number of rotatable bonds is 5. The van der Waals surface area contributed by atoms with E-state index in [9.17, 15) is 4.39 Å². The Hall–Kier alpha value is -1.20. The molecule has 5 heteroatoms. The van der Waals surface area contributed by atoms with Crippen LogP contribution in [0.3, 0.4) is 0 Å². The molecule has 1 aliphatic heterocycles. The molecule has 0 amide bonds. The van der Waals surface area contributed by atoms with E-state index in [1.165, 1.54) is 12.3 Å². The van der Waals surface area contributed by atoms with Gasteiger partial charge < -0.3 is 15.4 Å². The Kier molecular flexibility index (Phi) is 4.49. The number of hydrogen-bond acceptors (Lipinski definition) is 4. The van der Waals surface area contributed by atoms with Gasteiger partial charge in [-0.15, -0.1) is 0 Å². The molecule has 1 fully saturated rings. The molecular weight excluding hydrogens is 233 g/mol. The van der Waals surface area contributed by atoms with Crippen molar-refractivity contribution in [2.45, 2.75) is 32.4 Å². The normalized spacial score (nSPS) is 19.2. The van der Waals surface area contributed by atoms with Crippen LogP contribution in [0.15, 0.2) is 12.3 Å². The van der Waals surface area contributed by atoms with Crippen molar-refractivity contribution in [3.8, 4) is 0 Å². The SMILES string of the molecule is CCN(CC1CCCO1)c1ncc(F)cc1CN. The fraction of sp³-hybridized carbons (Fsp3) is 0.615. The lowest BCUT2D eigenvalue weighted by molar-refractivity contribution is 0.115. The Morgan fingerprint density at radius 2 is 2.44 bits per heavy atom. The predicted molar refractivity (Wildman–Crippen MR) is 68.9 cm³/mol. The van der Waals surface area contributed by atoms with Crippen LogP contribution in [0.2, 0.25) is 0 Å². The number of aromatic nitrogens is 1. The van der Waals surface area contributed by atoms with Crippen molar-refractivity contribution in [2.75, 3.05) is 24.6 Å². The average molecular weight is 253 g/mol. The van der Waals surface area contributed by atoms with Crippen LogP contribution < -0.4 is 10.6 Å². The van der Waals surface area contributed by atoms with Crippen LogP contribution in [0.1, 0.15) is 25.3 Å². The third-order valence-electron chi connectivity index (χ3n) is 3.26. The average Bonchev–Trinajstić information content (AvgIpc) is 2.89. The summed E-state index contributed by atoms with van der Waals surface area (Å²) in [6, 6.07) is 1.46. The maximum Gasteiger partial charge on any atom is 0.141 e. The van der Waals surface area contributed by atoms with Crippen LogP contribution in [-0.2, 0) is 11.3 Å². The number of anilines is 1. The number of nitrogens with two attached hydrogens (primary N) is 1. The van der Waals surface area contributed by atoms with Crippen LogP contribution in [0.5, 0.6) is 0 Å². The van der Waals surface area contributed by atoms with Crippen LogP contribution in [0.25, 0.3) is 0 Å². The Morgan fingerprint density at radius 3 is 3.06 bits per heavy atom. The third-order valence-corrected chi connectivity index (χ3v) is 3.26. The zero-order chi connectivity index (χ0) is 13.0. The van der Waals surface area contributed by atoms with E-state index in [0.29, 0.717) is 6.54 Å². The van der Waals surface area contributed by atoms with Gasteiger partial charge in [0, 0.05) is 31.8 Å². The van der Waals surface area contributed by atoms with Crippen molar-refractivity contribution in [1.82, 2.24) is 4.98 Å². The highest BCUT2D eigenvalue weighted by Gasteiger charge is 2.20. The van der Waals surface area contributed by atoms with Crippen molar-refractivity contribution >= 4 is 5.82 Å². The smallest absolute Gasteiger partial charge is 0.141 e. The molecule has 0 radical (unpaired) electrons. The first-order chi connectivity index (χ1) is 8.74. The van der Waals surface area contributed by atoms with Crippen molar-refractivity contribution in [3.05, 3.63) is 23.6 Å². The Balaban J connectivity index is 2.15. The van der Waals surface area contributed by atoms with Gasteiger partial charge in [-0.3, -0.25) is 0 Å². The van der Waals surface area contributed by atoms with Gasteiger partial charge in [-0.2, -0.15) is 0 Å². The first-order valence-corrected chi connectivity index (χ1v) is 6.45. The molecule has 1 aromatic heterocycles. The molecule has 1 saturated heterocycles. The van der Waals surface area contributed by atoms with E-state index in [4.69, 9.17) is 10.5 Å². The fourth-order valence-electron chi connectivity index (χ4n) is 2.31. The molecule has 18 heavy (non-hydrogen) atoms. The molecule has 0 bridgehead atoms. The maximum absolute atomic E-state index is 13.1. The second-order valence-electron chi connectivity index (χ2n) is 4.51. The Bertz CT molecular complexity index is 394. The molecule has 0 aromatic carbocycles. The molecule has 1 atom stereocenters. The highest BCUT2D eigenvalue weighted by Crippen LogP contribution is 2.21. The largest absolute Gasteiger partial charge is 0.376 e. The molecule has 100 valence electrons. The molecule has 0 aliphatic carbocycles. The molecule has 2 N–H and O–H groups in total. The van der Waals surface area contributed by atoms with Crippen molar-refractivity contribution in [2.24, 2.45) is 5.73 Å². The van der Waals surface area contributed by atoms with Gasteiger partial charge in [0.25, 0.3) is 0 Å². The van der Waals surface area contributed by atoms with E-state index in [0.717, 1.165) is 43.9 Å². The summed E-state index contributed by atoms with van der Waals surface area (Å²) in [5.41, 5.74) is 6.40. The molecular formula is C13H20FN3O. The van der Waals surface area contributed by atoms with Gasteiger partial charge in [-0.05, 0) is 25.8 Å². The monoisotopic (exact) mass is 253 g/mol. The molecule has 1 unspecified atom stereocenters. The molecule has 1 aliphatic rings. The summed E-state index contributed by atoms with van der Waals surface area (Å²) >= 11 is 0. The first-order valence-electron chi connectivity index (χ1n) is 6.45. The molecule has 2 rings (SSSR count). The first kappa shape index (κ1) is 13.2. The van der Waals surface area contributed by atoms with Gasteiger partial charge in [0.1, 0.15) is 11.6 Å². The minimum absolute atomic E-state index is 0.252. The third kappa shape index (κ3) is 2.97. The van der Waals surface area contributed by atoms with Crippen LogP contribution in [-0.4, -0.2) is 30.8 Å². The number of nitrogens with zero attached hydrogens (tertiary/aromatic N) is 2. The summed E-state index contributed by atoms with van der Waals surface area (Å²) in [5.74, 6) is 0.435. The summed E-state index contributed by atoms with van der Waals surface area (Å²) < 4.78 is 18.8. The zero-order valence-electron chi connectivity index (χ0n) is 10.7. The Labute approximate surface area is 107 Å². The summed E-state index contributed by atoms with van der Waals surface area (Å²) in [5, 5.41) is 0. The lowest BCUT2D eigenvalue weighted by Crippen LogP contribution is -2.33. The number of ether oxygens (including phenoxy) is 1. The minimum Gasteiger partial charge on any atom is -0.376 e. The summed E-state index contributed by atoms with van der Waals surface area (Å²) in [7, 11) is 0. The number of pyridine rings is 1. The number of likely N-dealkylation sites (N-methyl/N-ethyl adjacent to an activating group) is 1. The molecule has 0 saturated carbocycles. The Morgan fingerprint density at radius 1 is 1.61 bits per heavy atom. The maximum atomic E-state index is 13.1. The lowest BCUT2D eigenvalue weighted by atomic mass is 10.2. The van der Waals surface area contributed by atoms with Crippen LogP contribution in [0, 0.1) is 5.82 Å². The summed E-state index contributed by atoms with van der Waals surface area (Å²) in [6.45, 7) is 4.79. The second kappa shape index (κ2) is 6.11. The van der Waals surface area contributed by atoms with E-state index in [1.807, 2.05) is 0 Å². The summed E-state index contributed by atoms with van der Waals surface area (Å²) in [6.07, 6.45) is 3.69. The molecule has 1 aromatic rings. The van der Waals surface area contributed by atoms with E-state index in [-0.39, 0.29) is 11.9 Å². The quantitative estimate of drug-likeness (QED) is 0.867. The molecule has 0 spiro atoms. The fourth-order valence-corrected chi connectivity index (χ4v) is 2.31. The van der Waals surface area contributed by atoms with Gasteiger partial charge >= 0.3 is 0 Å². The van der Waals surface area contributed by atoms with E-state index in [2.05, 4.69) is 16.8 Å². The molecule has 4 nitrogen and oxygen atoms in total. The van der Waals surface area contributed by atoms with Gasteiger partial charge in [-0.1, -0.05) is 0 Å².